The molecule has 8 heteroatoms. The Hall–Kier alpha value is -3.55. The number of nitrogens with zero attached hydrogens (tertiary/aromatic N) is 4. The third-order valence-corrected chi connectivity index (χ3v) is 3.71. The van der Waals surface area contributed by atoms with Crippen LogP contribution in [-0.2, 0) is 9.53 Å². The summed E-state index contributed by atoms with van der Waals surface area (Å²) in [6.45, 7) is 1.37. The number of carbonyl (C=O) groups is 2. The van der Waals surface area contributed by atoms with Crippen LogP contribution < -0.4 is 4.90 Å². The summed E-state index contributed by atoms with van der Waals surface area (Å²) in [5.41, 5.74) is 0.656. The smallest absolute Gasteiger partial charge is 0.326 e. The largest absolute Gasteiger partial charge is 0.465 e. The number of ether oxygens (including phenoxy) is 1. The Morgan fingerprint density at radius 3 is 2.52 bits per heavy atom. The minimum atomic E-state index is -0.657. The van der Waals surface area contributed by atoms with Crippen LogP contribution in [0.3, 0.4) is 0 Å². The number of aromatic nitrogens is 3. The van der Waals surface area contributed by atoms with Gasteiger partial charge in [0.05, 0.1) is 24.2 Å². The number of halogens is 1. The number of rotatable bonds is 6. The number of amides is 1. The van der Waals surface area contributed by atoms with Crippen molar-refractivity contribution in [2.24, 2.45) is 0 Å². The molecule has 138 valence electrons. The maximum Gasteiger partial charge on any atom is 0.326 e. The van der Waals surface area contributed by atoms with E-state index in [9.17, 15) is 14.0 Å². The minimum Gasteiger partial charge on any atom is -0.465 e. The molecule has 0 atom stereocenters. The van der Waals surface area contributed by atoms with Crippen LogP contribution in [0.2, 0.25) is 0 Å². The van der Waals surface area contributed by atoms with E-state index in [4.69, 9.17) is 4.74 Å². The molecule has 0 aliphatic rings. The lowest BCUT2D eigenvalue weighted by molar-refractivity contribution is -0.141. The lowest BCUT2D eigenvalue weighted by atomic mass is 10.2. The molecule has 2 aromatic carbocycles. The molecule has 0 radical (unpaired) electrons. The van der Waals surface area contributed by atoms with Crippen LogP contribution in [0, 0.1) is 5.82 Å². The van der Waals surface area contributed by atoms with Crippen molar-refractivity contribution in [3.8, 4) is 5.69 Å². The summed E-state index contributed by atoms with van der Waals surface area (Å²) in [7, 11) is 0. The highest BCUT2D eigenvalue weighted by Gasteiger charge is 2.26. The minimum absolute atomic E-state index is 0.0218. The molecule has 7 nitrogen and oxygen atoms in total. The topological polar surface area (TPSA) is 77.3 Å². The number of hydrogen-bond acceptors (Lipinski definition) is 5. The Labute approximate surface area is 155 Å². The van der Waals surface area contributed by atoms with Gasteiger partial charge < -0.3 is 4.74 Å². The number of esters is 1. The molecular weight excluding hydrogens is 351 g/mol. The summed E-state index contributed by atoms with van der Waals surface area (Å²) < 4.78 is 20.6. The van der Waals surface area contributed by atoms with Crippen molar-refractivity contribution in [2.75, 3.05) is 18.1 Å². The summed E-state index contributed by atoms with van der Waals surface area (Å²) in [4.78, 5) is 25.8. The highest BCUT2D eigenvalue weighted by atomic mass is 19.1. The molecule has 3 aromatic rings. The zero-order valence-electron chi connectivity index (χ0n) is 14.6. The highest BCUT2D eigenvalue weighted by Crippen LogP contribution is 2.21. The van der Waals surface area contributed by atoms with Crippen molar-refractivity contribution in [2.45, 2.75) is 6.92 Å². The van der Waals surface area contributed by atoms with Crippen LogP contribution in [-0.4, -0.2) is 40.0 Å². The Bertz CT molecular complexity index is 943. The van der Waals surface area contributed by atoms with Crippen LogP contribution in [0.25, 0.3) is 5.69 Å². The van der Waals surface area contributed by atoms with Crippen molar-refractivity contribution >= 4 is 17.6 Å². The summed E-state index contributed by atoms with van der Waals surface area (Å²) in [6.07, 6.45) is 1.43. The summed E-state index contributed by atoms with van der Waals surface area (Å²) in [5.74, 6) is -1.94. The predicted molar refractivity (Wildman–Crippen MR) is 96.1 cm³/mol. The first kappa shape index (κ1) is 18.2. The first-order chi connectivity index (χ1) is 13.1. The lowest BCUT2D eigenvalue weighted by Crippen LogP contribution is -2.37. The fourth-order valence-corrected chi connectivity index (χ4v) is 2.48. The summed E-state index contributed by atoms with van der Waals surface area (Å²) in [5, 5.41) is 7.80. The van der Waals surface area contributed by atoms with Gasteiger partial charge in [-0.1, -0.05) is 35.5 Å². The van der Waals surface area contributed by atoms with Gasteiger partial charge in [-0.25, -0.2) is 9.07 Å². The maximum absolute atomic E-state index is 14.2. The van der Waals surface area contributed by atoms with Crippen LogP contribution in [0.5, 0.6) is 0 Å². The molecule has 3 rings (SSSR count). The molecule has 0 spiro atoms. The van der Waals surface area contributed by atoms with Crippen LogP contribution >= 0.6 is 0 Å². The number of hydrogen-bond donors (Lipinski definition) is 0. The zero-order chi connectivity index (χ0) is 19.2. The van der Waals surface area contributed by atoms with E-state index < -0.39 is 24.2 Å². The molecule has 0 bridgehead atoms. The number of benzene rings is 2. The van der Waals surface area contributed by atoms with Gasteiger partial charge in [0, 0.05) is 0 Å². The molecule has 1 amide bonds. The molecule has 0 fully saturated rings. The monoisotopic (exact) mass is 368 g/mol. The predicted octanol–water partition coefficient (Wildman–Crippen LogP) is 2.62. The van der Waals surface area contributed by atoms with Gasteiger partial charge >= 0.3 is 5.97 Å². The Morgan fingerprint density at radius 1 is 1.11 bits per heavy atom. The quantitative estimate of drug-likeness (QED) is 0.625. The summed E-state index contributed by atoms with van der Waals surface area (Å²) >= 11 is 0. The fourth-order valence-electron chi connectivity index (χ4n) is 2.48. The van der Waals surface area contributed by atoms with Gasteiger partial charge in [-0.3, -0.25) is 14.5 Å². The average molecular weight is 368 g/mol. The second-order valence-corrected chi connectivity index (χ2v) is 5.53. The summed E-state index contributed by atoms with van der Waals surface area (Å²) in [6, 6.07) is 14.8. The van der Waals surface area contributed by atoms with E-state index in [0.717, 1.165) is 4.90 Å². The molecule has 0 aliphatic carbocycles. The van der Waals surface area contributed by atoms with E-state index in [2.05, 4.69) is 10.3 Å². The number of para-hydroxylation sites is 2. The SMILES string of the molecule is CCOC(=O)CN(C(=O)c1cn(-c2ccccc2)nn1)c1ccccc1F. The van der Waals surface area contributed by atoms with Crippen LogP contribution in [0.15, 0.2) is 60.8 Å². The molecule has 1 aromatic heterocycles. The van der Waals surface area contributed by atoms with Gasteiger partial charge in [0.1, 0.15) is 12.4 Å². The first-order valence-electron chi connectivity index (χ1n) is 8.30. The zero-order valence-corrected chi connectivity index (χ0v) is 14.6. The standard InChI is InChI=1S/C19H17FN4O3/c1-2-27-18(25)13-23(17-11-7-6-10-15(17)20)19(26)16-12-24(22-21-16)14-8-4-3-5-9-14/h3-12H,2,13H2,1H3. The van der Waals surface area contributed by atoms with Gasteiger partial charge in [0.2, 0.25) is 0 Å². The van der Waals surface area contributed by atoms with Gasteiger partial charge in [0.25, 0.3) is 5.91 Å². The highest BCUT2D eigenvalue weighted by molar-refractivity contribution is 6.07. The van der Waals surface area contributed by atoms with Crippen molar-refractivity contribution in [3.63, 3.8) is 0 Å². The van der Waals surface area contributed by atoms with E-state index >= 15 is 0 Å². The Morgan fingerprint density at radius 2 is 1.81 bits per heavy atom. The van der Waals surface area contributed by atoms with E-state index in [1.807, 2.05) is 18.2 Å². The van der Waals surface area contributed by atoms with Crippen LogP contribution in [0.1, 0.15) is 17.4 Å². The molecule has 27 heavy (non-hydrogen) atoms. The van der Waals surface area contributed by atoms with E-state index in [-0.39, 0.29) is 18.0 Å². The second kappa shape index (κ2) is 8.22. The lowest BCUT2D eigenvalue weighted by Gasteiger charge is -2.21. The van der Waals surface area contributed by atoms with Crippen molar-refractivity contribution in [1.82, 2.24) is 15.0 Å². The molecule has 0 aliphatic heterocycles. The van der Waals surface area contributed by atoms with Crippen molar-refractivity contribution < 1.29 is 18.7 Å². The number of carbonyl (C=O) groups excluding carboxylic acids is 2. The molecule has 0 unspecified atom stereocenters. The molecule has 0 saturated carbocycles. The Balaban J connectivity index is 1.92. The maximum atomic E-state index is 14.2. The third-order valence-electron chi connectivity index (χ3n) is 3.71. The molecule has 0 N–H and O–H groups in total. The van der Waals surface area contributed by atoms with Gasteiger partial charge in [-0.2, -0.15) is 0 Å². The van der Waals surface area contributed by atoms with E-state index in [1.165, 1.54) is 29.1 Å². The molecule has 0 saturated heterocycles. The van der Waals surface area contributed by atoms with Gasteiger partial charge in [0.15, 0.2) is 5.69 Å². The molecule has 1 heterocycles. The van der Waals surface area contributed by atoms with Crippen molar-refractivity contribution in [3.05, 3.63) is 72.3 Å². The van der Waals surface area contributed by atoms with Crippen molar-refractivity contribution in [1.29, 1.82) is 0 Å². The molecular formula is C19H17FN4O3. The van der Waals surface area contributed by atoms with Gasteiger partial charge in [-0.05, 0) is 31.2 Å². The normalized spacial score (nSPS) is 10.4. The second-order valence-electron chi connectivity index (χ2n) is 5.53. The van der Waals surface area contributed by atoms with E-state index in [1.54, 1.807) is 25.1 Å². The third kappa shape index (κ3) is 4.17. The van der Waals surface area contributed by atoms with Crippen LogP contribution in [0.4, 0.5) is 10.1 Å². The Kier molecular flexibility index (Phi) is 5.55. The van der Waals surface area contributed by atoms with E-state index in [0.29, 0.717) is 5.69 Å². The van der Waals surface area contributed by atoms with Gasteiger partial charge in [-0.15, -0.1) is 5.10 Å². The first-order valence-corrected chi connectivity index (χ1v) is 8.30. The number of anilines is 1. The fraction of sp³-hybridized carbons (Fsp3) is 0.158. The average Bonchev–Trinajstić information content (AvgIpc) is 3.17.